The third-order valence-electron chi connectivity index (χ3n) is 2.00. The molecule has 0 heterocycles. The van der Waals surface area contributed by atoms with Crippen molar-refractivity contribution >= 4 is 40.3 Å². The predicted octanol–water partition coefficient (Wildman–Crippen LogP) is 2.43. The maximum atomic E-state index is 11.8. The molecule has 0 unspecified atom stereocenters. The Hall–Kier alpha value is 0.267. The topological polar surface area (TPSA) is 54.0 Å². The summed E-state index contributed by atoms with van der Waals surface area (Å²) in [6, 6.07) is 0. The molecule has 0 saturated carbocycles. The first-order valence-corrected chi connectivity index (χ1v) is 8.89. The number of thiol groups is 2. The molecule has 0 aliphatic carbocycles. The first-order chi connectivity index (χ1) is 8.78. The summed E-state index contributed by atoms with van der Waals surface area (Å²) in [4.78, 5) is 11.8. The van der Waals surface area contributed by atoms with Crippen molar-refractivity contribution < 1.29 is 22.5 Å². The van der Waals surface area contributed by atoms with Crippen LogP contribution in [0.4, 0.5) is 0 Å². The van der Waals surface area contributed by atoms with Crippen LogP contribution >= 0.6 is 25.3 Å². The molecule has 0 aliphatic heterocycles. The lowest BCUT2D eigenvalue weighted by Crippen LogP contribution is -2.50. The molecule has 8 heteroatoms. The number of carbonyl (C=O) groups excluding carboxylic acids is 1. The van der Waals surface area contributed by atoms with E-state index in [-0.39, 0.29) is 6.42 Å². The van der Waals surface area contributed by atoms with E-state index in [0.717, 1.165) is 0 Å². The monoisotopic (exact) mass is 328 g/mol. The van der Waals surface area contributed by atoms with Gasteiger partial charge in [-0.05, 0) is 34.1 Å². The molecule has 114 valence electrons. The summed E-state index contributed by atoms with van der Waals surface area (Å²) in [7, 11) is -3.35. The zero-order valence-corrected chi connectivity index (χ0v) is 14.8. The Bertz CT molecular complexity index is 253. The van der Waals surface area contributed by atoms with Gasteiger partial charge in [0.15, 0.2) is 0 Å². The molecule has 0 aliphatic rings. The van der Waals surface area contributed by atoms with Crippen LogP contribution in [0.5, 0.6) is 0 Å². The fraction of sp³-hybridized carbons (Fsp3) is 0.909. The van der Waals surface area contributed by atoms with Gasteiger partial charge in [0.25, 0.3) is 5.97 Å². The van der Waals surface area contributed by atoms with E-state index in [9.17, 15) is 4.79 Å². The molecule has 0 N–H and O–H groups in total. The summed E-state index contributed by atoms with van der Waals surface area (Å²) in [6.07, 6.45) is 0.665. The molecule has 5 nitrogen and oxygen atoms in total. The van der Waals surface area contributed by atoms with Gasteiger partial charge in [0.2, 0.25) is 0 Å². The van der Waals surface area contributed by atoms with E-state index < -0.39 is 19.1 Å². The lowest BCUT2D eigenvalue weighted by Gasteiger charge is -2.26. The molecule has 0 aromatic heterocycles. The van der Waals surface area contributed by atoms with Gasteiger partial charge in [0, 0.05) is 26.2 Å². The molecule has 0 atom stereocenters. The molecule has 0 radical (unpaired) electrons. The Balaban J connectivity index is 4.56. The third kappa shape index (κ3) is 8.93. The molecule has 0 spiro atoms. The van der Waals surface area contributed by atoms with E-state index in [2.05, 4.69) is 25.3 Å². The standard InChI is InChI=1S/C11H24O5S2Si/c1-5-13-19(14-6-2,15-7-3)16-10(12)8-9-11(4,17)18/h17-18H,5-9H2,1-4H3. The number of hydrogen-bond acceptors (Lipinski definition) is 7. The summed E-state index contributed by atoms with van der Waals surface area (Å²) in [5, 5.41) is 0. The minimum absolute atomic E-state index is 0.186. The smallest absolute Gasteiger partial charge is 0.452 e. The van der Waals surface area contributed by atoms with Crippen molar-refractivity contribution in [2.45, 2.75) is 44.6 Å². The van der Waals surface area contributed by atoms with Crippen LogP contribution in [-0.2, 0) is 22.5 Å². The normalized spacial score (nSPS) is 12.5. The van der Waals surface area contributed by atoms with Crippen LogP contribution in [0.25, 0.3) is 0 Å². The zero-order valence-electron chi connectivity index (χ0n) is 12.0. The molecule has 0 fully saturated rings. The second-order valence-electron chi connectivity index (χ2n) is 3.99. The molecular weight excluding hydrogens is 304 g/mol. The zero-order chi connectivity index (χ0) is 14.9. The number of rotatable bonds is 10. The largest absolute Gasteiger partial charge is 0.751 e. The van der Waals surface area contributed by atoms with Crippen LogP contribution in [0.1, 0.15) is 40.5 Å². The van der Waals surface area contributed by atoms with Crippen molar-refractivity contribution in [3.8, 4) is 0 Å². The van der Waals surface area contributed by atoms with Crippen LogP contribution < -0.4 is 0 Å². The SMILES string of the molecule is CCO[Si](OCC)(OCC)OC(=O)CCC(C)(S)S. The summed E-state index contributed by atoms with van der Waals surface area (Å²) in [5.74, 6) is -0.420. The van der Waals surface area contributed by atoms with Crippen molar-refractivity contribution in [1.29, 1.82) is 0 Å². The predicted molar refractivity (Wildman–Crippen MR) is 82.3 cm³/mol. The van der Waals surface area contributed by atoms with Crippen LogP contribution in [0.3, 0.4) is 0 Å². The molecular formula is C11H24O5S2Si. The third-order valence-corrected chi connectivity index (χ3v) is 4.86. The molecule has 0 aromatic carbocycles. The Morgan fingerprint density at radius 1 is 1.05 bits per heavy atom. The lowest BCUT2D eigenvalue weighted by atomic mass is 10.2. The number of carbonyl (C=O) groups is 1. The molecule has 0 rings (SSSR count). The first kappa shape index (κ1) is 19.3. The average Bonchev–Trinajstić information content (AvgIpc) is 2.26. The van der Waals surface area contributed by atoms with Gasteiger partial charge >= 0.3 is 9.05 Å². The summed E-state index contributed by atoms with van der Waals surface area (Å²) in [6.45, 7) is 8.28. The second kappa shape index (κ2) is 9.25. The minimum Gasteiger partial charge on any atom is -0.452 e. The van der Waals surface area contributed by atoms with Gasteiger partial charge in [-0.3, -0.25) is 4.79 Å². The average molecular weight is 329 g/mol. The molecule has 0 saturated heterocycles. The Kier molecular flexibility index (Phi) is 9.38. The van der Waals surface area contributed by atoms with Crippen LogP contribution in [-0.4, -0.2) is 38.9 Å². The van der Waals surface area contributed by atoms with Gasteiger partial charge in [-0.25, -0.2) is 0 Å². The molecule has 0 amide bonds. The highest BCUT2D eigenvalue weighted by atomic mass is 32.2. The van der Waals surface area contributed by atoms with Crippen LogP contribution in [0, 0.1) is 0 Å². The van der Waals surface area contributed by atoms with Crippen molar-refractivity contribution in [2.75, 3.05) is 19.8 Å². The highest BCUT2D eigenvalue weighted by Crippen LogP contribution is 2.25. The van der Waals surface area contributed by atoms with E-state index in [0.29, 0.717) is 26.2 Å². The van der Waals surface area contributed by atoms with Crippen LogP contribution in [0.15, 0.2) is 0 Å². The van der Waals surface area contributed by atoms with Gasteiger partial charge in [0.1, 0.15) is 0 Å². The summed E-state index contributed by atoms with van der Waals surface area (Å²) >= 11 is 8.48. The quantitative estimate of drug-likeness (QED) is 0.366. The lowest BCUT2D eigenvalue weighted by molar-refractivity contribution is -0.144. The van der Waals surface area contributed by atoms with Crippen molar-refractivity contribution in [3.05, 3.63) is 0 Å². The Morgan fingerprint density at radius 2 is 1.47 bits per heavy atom. The van der Waals surface area contributed by atoms with E-state index in [1.807, 2.05) is 6.92 Å². The summed E-state index contributed by atoms with van der Waals surface area (Å²) in [5.41, 5.74) is 0. The fourth-order valence-corrected chi connectivity index (χ4v) is 3.36. The minimum atomic E-state index is -3.35. The molecule has 0 aromatic rings. The van der Waals surface area contributed by atoms with E-state index in [1.165, 1.54) is 0 Å². The van der Waals surface area contributed by atoms with E-state index >= 15 is 0 Å². The highest BCUT2D eigenvalue weighted by molar-refractivity contribution is 8.00. The molecule has 0 bridgehead atoms. The number of hydrogen-bond donors (Lipinski definition) is 2. The van der Waals surface area contributed by atoms with E-state index in [1.54, 1.807) is 20.8 Å². The van der Waals surface area contributed by atoms with Gasteiger partial charge in [-0.2, -0.15) is 25.3 Å². The van der Waals surface area contributed by atoms with Gasteiger partial charge in [0.05, 0.1) is 4.08 Å². The van der Waals surface area contributed by atoms with Crippen molar-refractivity contribution in [1.82, 2.24) is 0 Å². The fourth-order valence-electron chi connectivity index (χ4n) is 1.27. The summed E-state index contributed by atoms with van der Waals surface area (Å²) < 4.78 is 21.1. The Labute approximate surface area is 127 Å². The van der Waals surface area contributed by atoms with Gasteiger partial charge < -0.3 is 17.7 Å². The van der Waals surface area contributed by atoms with Gasteiger partial charge in [-0.15, -0.1) is 0 Å². The van der Waals surface area contributed by atoms with Crippen molar-refractivity contribution in [2.24, 2.45) is 0 Å². The van der Waals surface area contributed by atoms with Crippen LogP contribution in [0.2, 0.25) is 0 Å². The Morgan fingerprint density at radius 3 is 1.79 bits per heavy atom. The maximum absolute atomic E-state index is 11.8. The molecule has 19 heavy (non-hydrogen) atoms. The first-order valence-electron chi connectivity index (χ1n) is 6.37. The van der Waals surface area contributed by atoms with Crippen molar-refractivity contribution in [3.63, 3.8) is 0 Å². The maximum Gasteiger partial charge on any atom is 0.751 e. The second-order valence-corrected chi connectivity index (χ2v) is 8.39. The van der Waals surface area contributed by atoms with Gasteiger partial charge in [-0.1, -0.05) is 0 Å². The highest BCUT2D eigenvalue weighted by Gasteiger charge is 2.49. The van der Waals surface area contributed by atoms with E-state index in [4.69, 9.17) is 17.7 Å².